The molecule has 0 fully saturated rings. The van der Waals surface area contributed by atoms with Crippen LogP contribution < -0.4 is 5.32 Å². The van der Waals surface area contributed by atoms with Crippen LogP contribution >= 0.6 is 0 Å². The second-order valence-electron chi connectivity index (χ2n) is 5.44. The summed E-state index contributed by atoms with van der Waals surface area (Å²) in [6.07, 6.45) is 0. The topological polar surface area (TPSA) is 46.2 Å². The Balaban J connectivity index is 3.49. The molecule has 1 N–H and O–H groups in total. The Morgan fingerprint density at radius 2 is 1.70 bits per heavy atom. The molecule has 0 radical (unpaired) electrons. The molecule has 0 heterocycles. The van der Waals surface area contributed by atoms with Crippen molar-refractivity contribution in [2.45, 2.75) is 43.5 Å². The van der Waals surface area contributed by atoms with E-state index in [2.05, 4.69) is 5.32 Å². The van der Waals surface area contributed by atoms with E-state index < -0.39 is 25.7 Å². The van der Waals surface area contributed by atoms with Gasteiger partial charge >= 0.3 is 5.51 Å². The second kappa shape index (κ2) is 5.27. The number of benzene rings is 1. The summed E-state index contributed by atoms with van der Waals surface area (Å²) in [6, 6.07) is 3.46. The SMILES string of the molecule is CCNc1ccc(S(=O)(=O)C(F)(F)F)cc1C(C)(C)C. The van der Waals surface area contributed by atoms with Gasteiger partial charge in [-0.2, -0.15) is 13.2 Å². The van der Waals surface area contributed by atoms with Gasteiger partial charge in [0.25, 0.3) is 9.84 Å². The van der Waals surface area contributed by atoms with Gasteiger partial charge in [0.2, 0.25) is 0 Å². The van der Waals surface area contributed by atoms with Crippen LogP contribution in [-0.4, -0.2) is 20.5 Å². The number of halogens is 3. The summed E-state index contributed by atoms with van der Waals surface area (Å²) in [7, 11) is -5.32. The fourth-order valence-corrected chi connectivity index (χ4v) is 2.58. The van der Waals surface area contributed by atoms with Crippen LogP contribution in [0.25, 0.3) is 0 Å². The number of hydrogen-bond acceptors (Lipinski definition) is 3. The van der Waals surface area contributed by atoms with Crippen LogP contribution in [0.2, 0.25) is 0 Å². The minimum atomic E-state index is -5.32. The lowest BCUT2D eigenvalue weighted by atomic mass is 9.86. The predicted molar refractivity (Wildman–Crippen MR) is 72.5 cm³/mol. The maximum absolute atomic E-state index is 12.6. The minimum absolute atomic E-state index is 0.478. The standard InChI is InChI=1S/C13H18F3NO2S/c1-5-17-11-7-6-9(8-10(11)12(2,3)4)20(18,19)13(14,15)16/h6-8,17H,5H2,1-4H3. The van der Waals surface area contributed by atoms with Crippen LogP contribution in [0.4, 0.5) is 18.9 Å². The molecule has 0 aromatic heterocycles. The van der Waals surface area contributed by atoms with E-state index in [9.17, 15) is 21.6 Å². The molecule has 0 saturated carbocycles. The third-order valence-electron chi connectivity index (χ3n) is 2.78. The summed E-state index contributed by atoms with van der Waals surface area (Å²) in [5.41, 5.74) is -4.60. The molecule has 1 aromatic carbocycles. The second-order valence-corrected chi connectivity index (χ2v) is 7.38. The van der Waals surface area contributed by atoms with Gasteiger partial charge in [-0.15, -0.1) is 0 Å². The van der Waals surface area contributed by atoms with Crippen LogP contribution in [0.15, 0.2) is 23.1 Å². The van der Waals surface area contributed by atoms with E-state index in [-0.39, 0.29) is 0 Å². The fourth-order valence-electron chi connectivity index (χ4n) is 1.79. The van der Waals surface area contributed by atoms with E-state index in [4.69, 9.17) is 0 Å². The highest BCUT2D eigenvalue weighted by molar-refractivity contribution is 7.92. The van der Waals surface area contributed by atoms with Gasteiger partial charge in [-0.05, 0) is 36.1 Å². The third-order valence-corrected chi connectivity index (χ3v) is 4.27. The highest BCUT2D eigenvalue weighted by Gasteiger charge is 2.47. The van der Waals surface area contributed by atoms with Crippen molar-refractivity contribution in [1.29, 1.82) is 0 Å². The van der Waals surface area contributed by atoms with Crippen molar-refractivity contribution in [3.63, 3.8) is 0 Å². The molecular formula is C13H18F3NO2S. The Morgan fingerprint density at radius 1 is 1.15 bits per heavy atom. The van der Waals surface area contributed by atoms with Crippen LogP contribution in [0.3, 0.4) is 0 Å². The van der Waals surface area contributed by atoms with Crippen LogP contribution in [0.1, 0.15) is 33.3 Å². The van der Waals surface area contributed by atoms with Crippen molar-refractivity contribution in [2.75, 3.05) is 11.9 Å². The quantitative estimate of drug-likeness (QED) is 0.926. The molecule has 0 atom stereocenters. The minimum Gasteiger partial charge on any atom is -0.385 e. The molecule has 0 bridgehead atoms. The Hall–Kier alpha value is -1.24. The van der Waals surface area contributed by atoms with E-state index in [1.807, 2.05) is 27.7 Å². The first-order valence-corrected chi connectivity index (χ1v) is 7.59. The van der Waals surface area contributed by atoms with Gasteiger partial charge in [0.1, 0.15) is 0 Å². The summed E-state index contributed by atoms with van der Waals surface area (Å²) in [6.45, 7) is 7.88. The van der Waals surface area contributed by atoms with Crippen LogP contribution in [0.5, 0.6) is 0 Å². The molecule has 0 saturated heterocycles. The maximum atomic E-state index is 12.6. The molecule has 0 aliphatic carbocycles. The van der Waals surface area contributed by atoms with Crippen LogP contribution in [-0.2, 0) is 15.3 Å². The first-order valence-electron chi connectivity index (χ1n) is 6.11. The van der Waals surface area contributed by atoms with Crippen LogP contribution in [0, 0.1) is 0 Å². The lowest BCUT2D eigenvalue weighted by Gasteiger charge is -2.24. The maximum Gasteiger partial charge on any atom is 0.501 e. The van der Waals surface area contributed by atoms with E-state index in [1.54, 1.807) is 0 Å². The molecule has 114 valence electrons. The van der Waals surface area contributed by atoms with Gasteiger partial charge in [0.05, 0.1) is 4.90 Å². The first-order chi connectivity index (χ1) is 8.91. The summed E-state index contributed by atoms with van der Waals surface area (Å²) < 4.78 is 60.7. The summed E-state index contributed by atoms with van der Waals surface area (Å²) in [4.78, 5) is -0.725. The molecule has 1 rings (SSSR count). The molecule has 0 unspecified atom stereocenters. The van der Waals surface area contributed by atoms with E-state index in [1.165, 1.54) is 6.07 Å². The van der Waals surface area contributed by atoms with Gasteiger partial charge in [0.15, 0.2) is 0 Å². The number of nitrogens with one attached hydrogen (secondary N) is 1. The monoisotopic (exact) mass is 309 g/mol. The van der Waals surface area contributed by atoms with Gasteiger partial charge in [-0.3, -0.25) is 0 Å². The molecule has 20 heavy (non-hydrogen) atoms. The van der Waals surface area contributed by atoms with E-state index in [0.29, 0.717) is 17.8 Å². The zero-order valence-electron chi connectivity index (χ0n) is 11.8. The summed E-state index contributed by atoms with van der Waals surface area (Å²) in [5.74, 6) is 0. The van der Waals surface area contributed by atoms with Gasteiger partial charge in [-0.1, -0.05) is 20.8 Å². The number of hydrogen-bond donors (Lipinski definition) is 1. The Bertz CT molecular complexity index is 587. The zero-order chi connectivity index (χ0) is 15.8. The number of sulfone groups is 1. The molecule has 0 amide bonds. The van der Waals surface area contributed by atoms with Gasteiger partial charge in [-0.25, -0.2) is 8.42 Å². The Kier molecular flexibility index (Phi) is 4.43. The Labute approximate surface area is 117 Å². The molecule has 3 nitrogen and oxygen atoms in total. The lowest BCUT2D eigenvalue weighted by molar-refractivity contribution is -0.0436. The normalized spacial score (nSPS) is 13.3. The third kappa shape index (κ3) is 3.26. The van der Waals surface area contributed by atoms with Crippen molar-refractivity contribution in [1.82, 2.24) is 0 Å². The lowest BCUT2D eigenvalue weighted by Crippen LogP contribution is -2.24. The fraction of sp³-hybridized carbons (Fsp3) is 0.538. The van der Waals surface area contributed by atoms with Crippen molar-refractivity contribution in [3.8, 4) is 0 Å². The van der Waals surface area contributed by atoms with Crippen molar-refractivity contribution < 1.29 is 21.6 Å². The smallest absolute Gasteiger partial charge is 0.385 e. The molecule has 0 aliphatic rings. The highest BCUT2D eigenvalue weighted by atomic mass is 32.2. The van der Waals surface area contributed by atoms with Gasteiger partial charge < -0.3 is 5.32 Å². The van der Waals surface area contributed by atoms with Crippen molar-refractivity contribution in [3.05, 3.63) is 23.8 Å². The summed E-state index contributed by atoms with van der Waals surface area (Å²) in [5, 5.41) is 3.02. The molecule has 0 aliphatic heterocycles. The van der Waals surface area contributed by atoms with Crippen molar-refractivity contribution >= 4 is 15.5 Å². The van der Waals surface area contributed by atoms with Crippen molar-refractivity contribution in [2.24, 2.45) is 0 Å². The van der Waals surface area contributed by atoms with Gasteiger partial charge in [0, 0.05) is 12.2 Å². The molecular weight excluding hydrogens is 291 g/mol. The van der Waals surface area contributed by atoms with E-state index >= 15 is 0 Å². The molecule has 7 heteroatoms. The zero-order valence-corrected chi connectivity index (χ0v) is 12.6. The number of rotatable bonds is 3. The molecule has 0 spiro atoms. The average molecular weight is 309 g/mol. The summed E-state index contributed by atoms with van der Waals surface area (Å²) >= 11 is 0. The predicted octanol–water partition coefficient (Wildman–Crippen LogP) is 3.71. The average Bonchev–Trinajstić information content (AvgIpc) is 2.26. The van der Waals surface area contributed by atoms with E-state index in [0.717, 1.165) is 12.1 Å². The Morgan fingerprint density at radius 3 is 2.10 bits per heavy atom. The number of alkyl halides is 3. The largest absolute Gasteiger partial charge is 0.501 e. The first kappa shape index (κ1) is 16.8. The highest BCUT2D eigenvalue weighted by Crippen LogP contribution is 2.36. The molecule has 1 aromatic rings. The number of anilines is 1.